The Kier molecular flexibility index (Phi) is 5.65. The van der Waals surface area contributed by atoms with Crippen LogP contribution in [-0.2, 0) is 0 Å². The van der Waals surface area contributed by atoms with Crippen LogP contribution in [0, 0.1) is 0 Å². The molecule has 0 saturated heterocycles. The highest BCUT2D eigenvalue weighted by Gasteiger charge is 2.11. The first-order chi connectivity index (χ1) is 8.04. The summed E-state index contributed by atoms with van der Waals surface area (Å²) < 4.78 is 0. The maximum Gasteiger partial charge on any atom is 0.251 e. The van der Waals surface area contributed by atoms with E-state index in [1.165, 1.54) is 12.1 Å². The minimum atomic E-state index is -0.170. The summed E-state index contributed by atoms with van der Waals surface area (Å²) in [4.78, 5) is 11.8. The van der Waals surface area contributed by atoms with Gasteiger partial charge in [-0.3, -0.25) is 4.79 Å². The number of aromatic hydroxyl groups is 1. The maximum atomic E-state index is 11.8. The fourth-order valence-electron chi connectivity index (χ4n) is 1.29. The maximum absolute atomic E-state index is 11.8. The van der Waals surface area contributed by atoms with Crippen LogP contribution >= 0.6 is 23.4 Å². The van der Waals surface area contributed by atoms with E-state index < -0.39 is 0 Å². The Morgan fingerprint density at radius 2 is 2.29 bits per heavy atom. The second kappa shape index (κ2) is 6.77. The van der Waals surface area contributed by atoms with Crippen LogP contribution in [0.15, 0.2) is 18.2 Å². The van der Waals surface area contributed by atoms with Crippen LogP contribution in [-0.4, -0.2) is 28.6 Å². The van der Waals surface area contributed by atoms with Gasteiger partial charge in [-0.1, -0.05) is 18.5 Å². The summed E-state index contributed by atoms with van der Waals surface area (Å²) in [6, 6.07) is 4.55. The molecule has 0 spiro atoms. The van der Waals surface area contributed by atoms with Crippen molar-refractivity contribution in [3.8, 4) is 5.75 Å². The Morgan fingerprint density at radius 3 is 2.88 bits per heavy atom. The largest absolute Gasteiger partial charge is 0.506 e. The third-order valence-electron chi connectivity index (χ3n) is 2.16. The number of benzene rings is 1. The van der Waals surface area contributed by atoms with Crippen molar-refractivity contribution < 1.29 is 9.90 Å². The van der Waals surface area contributed by atoms with E-state index in [9.17, 15) is 9.90 Å². The van der Waals surface area contributed by atoms with Crippen LogP contribution in [0.4, 0.5) is 0 Å². The van der Waals surface area contributed by atoms with Crippen LogP contribution < -0.4 is 5.32 Å². The fourth-order valence-corrected chi connectivity index (χ4v) is 2.14. The number of halogens is 1. The minimum Gasteiger partial charge on any atom is -0.506 e. The average molecular weight is 274 g/mol. The summed E-state index contributed by atoms with van der Waals surface area (Å²) in [6.45, 7) is 4.04. The molecular weight excluding hydrogens is 258 g/mol. The van der Waals surface area contributed by atoms with Crippen molar-refractivity contribution >= 4 is 29.3 Å². The van der Waals surface area contributed by atoms with Crippen molar-refractivity contribution in [3.05, 3.63) is 28.8 Å². The first kappa shape index (κ1) is 14.2. The molecule has 17 heavy (non-hydrogen) atoms. The second-order valence-electron chi connectivity index (χ2n) is 3.70. The van der Waals surface area contributed by atoms with Crippen molar-refractivity contribution in [1.82, 2.24) is 5.32 Å². The number of phenolic OH excluding ortho intramolecular Hbond substituents is 1. The number of carbonyl (C=O) groups is 1. The lowest BCUT2D eigenvalue weighted by Crippen LogP contribution is -2.34. The van der Waals surface area contributed by atoms with E-state index in [2.05, 4.69) is 12.2 Å². The Morgan fingerprint density at radius 1 is 1.59 bits per heavy atom. The van der Waals surface area contributed by atoms with E-state index in [4.69, 9.17) is 11.6 Å². The van der Waals surface area contributed by atoms with E-state index in [0.717, 1.165) is 11.5 Å². The molecule has 1 rings (SSSR count). The Bertz CT molecular complexity index is 398. The molecule has 1 amide bonds. The predicted octanol–water partition coefficient (Wildman–Crippen LogP) is 2.92. The Hall–Kier alpha value is -0.870. The van der Waals surface area contributed by atoms with Crippen molar-refractivity contribution in [3.63, 3.8) is 0 Å². The van der Waals surface area contributed by atoms with E-state index in [1.54, 1.807) is 17.8 Å². The van der Waals surface area contributed by atoms with Crippen LogP contribution in [0.2, 0.25) is 5.02 Å². The van der Waals surface area contributed by atoms with Gasteiger partial charge in [0.15, 0.2) is 0 Å². The third kappa shape index (κ3) is 4.48. The molecule has 0 fully saturated rings. The predicted molar refractivity (Wildman–Crippen MR) is 73.0 cm³/mol. The van der Waals surface area contributed by atoms with Crippen molar-refractivity contribution in [2.45, 2.75) is 19.9 Å². The Labute approximate surface area is 111 Å². The van der Waals surface area contributed by atoms with Gasteiger partial charge in [0.25, 0.3) is 5.91 Å². The number of rotatable bonds is 5. The molecule has 94 valence electrons. The Balaban J connectivity index is 2.60. The summed E-state index contributed by atoms with van der Waals surface area (Å²) in [6.07, 6.45) is 0. The summed E-state index contributed by atoms with van der Waals surface area (Å²) >= 11 is 7.52. The highest BCUT2D eigenvalue weighted by molar-refractivity contribution is 7.99. The lowest BCUT2D eigenvalue weighted by molar-refractivity contribution is 0.0944. The van der Waals surface area contributed by atoms with Gasteiger partial charge in [0.1, 0.15) is 5.75 Å². The molecule has 0 saturated carbocycles. The van der Waals surface area contributed by atoms with Gasteiger partial charge in [-0.05, 0) is 30.9 Å². The number of thioether (sulfide) groups is 1. The second-order valence-corrected chi connectivity index (χ2v) is 5.43. The highest BCUT2D eigenvalue weighted by atomic mass is 35.5. The summed E-state index contributed by atoms with van der Waals surface area (Å²) in [5.41, 5.74) is 0.459. The topological polar surface area (TPSA) is 49.3 Å². The van der Waals surface area contributed by atoms with Gasteiger partial charge in [0.05, 0.1) is 5.02 Å². The van der Waals surface area contributed by atoms with Gasteiger partial charge in [-0.25, -0.2) is 0 Å². The minimum absolute atomic E-state index is 0.0159. The smallest absolute Gasteiger partial charge is 0.251 e. The molecule has 0 heterocycles. The molecule has 3 nitrogen and oxygen atoms in total. The number of phenols is 1. The number of nitrogens with one attached hydrogen (secondary N) is 1. The SMILES string of the molecule is CCSCC(C)NC(=O)c1ccc(O)c(Cl)c1. The van der Waals surface area contributed by atoms with Crippen LogP contribution in [0.1, 0.15) is 24.2 Å². The van der Waals surface area contributed by atoms with Crippen LogP contribution in [0.3, 0.4) is 0 Å². The molecule has 2 N–H and O–H groups in total. The van der Waals surface area contributed by atoms with Crippen molar-refractivity contribution in [2.24, 2.45) is 0 Å². The van der Waals surface area contributed by atoms with Gasteiger partial charge < -0.3 is 10.4 Å². The number of hydrogen-bond donors (Lipinski definition) is 2. The quantitative estimate of drug-likeness (QED) is 0.867. The number of carbonyl (C=O) groups excluding carboxylic acids is 1. The molecular formula is C12H16ClNO2S. The normalized spacial score (nSPS) is 12.2. The van der Waals surface area contributed by atoms with E-state index in [1.807, 2.05) is 6.92 Å². The zero-order valence-corrected chi connectivity index (χ0v) is 11.4. The van der Waals surface area contributed by atoms with Crippen LogP contribution in [0.25, 0.3) is 0 Å². The number of amides is 1. The fraction of sp³-hybridized carbons (Fsp3) is 0.417. The van der Waals surface area contributed by atoms with Gasteiger partial charge in [0, 0.05) is 17.4 Å². The molecule has 5 heteroatoms. The van der Waals surface area contributed by atoms with Gasteiger partial charge >= 0.3 is 0 Å². The van der Waals surface area contributed by atoms with Crippen molar-refractivity contribution in [1.29, 1.82) is 0 Å². The third-order valence-corrected chi connectivity index (χ3v) is 3.61. The van der Waals surface area contributed by atoms with Gasteiger partial charge in [-0.2, -0.15) is 11.8 Å². The van der Waals surface area contributed by atoms with Crippen molar-refractivity contribution in [2.75, 3.05) is 11.5 Å². The molecule has 0 aliphatic carbocycles. The zero-order chi connectivity index (χ0) is 12.8. The average Bonchev–Trinajstić information content (AvgIpc) is 2.30. The molecule has 1 atom stereocenters. The first-order valence-electron chi connectivity index (χ1n) is 5.41. The summed E-state index contributed by atoms with van der Waals surface area (Å²) in [5, 5.41) is 12.3. The van der Waals surface area contributed by atoms with E-state index in [-0.39, 0.29) is 22.7 Å². The van der Waals surface area contributed by atoms with Gasteiger partial charge in [-0.15, -0.1) is 0 Å². The molecule has 0 radical (unpaired) electrons. The first-order valence-corrected chi connectivity index (χ1v) is 6.95. The molecule has 0 aromatic heterocycles. The lowest BCUT2D eigenvalue weighted by Gasteiger charge is -2.13. The highest BCUT2D eigenvalue weighted by Crippen LogP contribution is 2.23. The molecule has 1 aromatic rings. The van der Waals surface area contributed by atoms with Gasteiger partial charge in [0.2, 0.25) is 0 Å². The monoisotopic (exact) mass is 273 g/mol. The molecule has 0 bridgehead atoms. The molecule has 1 aromatic carbocycles. The molecule has 0 aliphatic heterocycles. The zero-order valence-electron chi connectivity index (χ0n) is 9.87. The molecule has 1 unspecified atom stereocenters. The van der Waals surface area contributed by atoms with Crippen LogP contribution in [0.5, 0.6) is 5.75 Å². The summed E-state index contributed by atoms with van der Waals surface area (Å²) in [7, 11) is 0. The standard InChI is InChI=1S/C12H16ClNO2S/c1-3-17-7-8(2)14-12(16)9-4-5-11(15)10(13)6-9/h4-6,8,15H,3,7H2,1-2H3,(H,14,16). The van der Waals surface area contributed by atoms with E-state index in [0.29, 0.717) is 5.56 Å². The number of hydrogen-bond acceptors (Lipinski definition) is 3. The molecule has 0 aliphatic rings. The summed E-state index contributed by atoms with van der Waals surface area (Å²) in [5.74, 6) is 1.73. The van der Waals surface area contributed by atoms with E-state index >= 15 is 0 Å². The lowest BCUT2D eigenvalue weighted by atomic mass is 10.2.